The maximum absolute atomic E-state index is 11.4. The molecule has 5 nitrogen and oxygen atoms in total. The Balaban J connectivity index is 1.27. The van der Waals surface area contributed by atoms with Crippen LogP contribution in [0.2, 0.25) is 0 Å². The number of rotatable bonds is 6. The van der Waals surface area contributed by atoms with Crippen molar-refractivity contribution in [2.45, 2.75) is 69.8 Å². The van der Waals surface area contributed by atoms with E-state index in [-0.39, 0.29) is 11.5 Å². The van der Waals surface area contributed by atoms with Crippen LogP contribution < -0.4 is 10.1 Å². The fraction of sp³-hybridized carbons (Fsp3) is 0.696. The lowest BCUT2D eigenvalue weighted by atomic mass is 9.73. The lowest BCUT2D eigenvalue weighted by Crippen LogP contribution is -2.41. The Morgan fingerprint density at radius 2 is 2.11 bits per heavy atom. The second-order valence-electron chi connectivity index (χ2n) is 9.27. The van der Waals surface area contributed by atoms with E-state index < -0.39 is 0 Å². The fourth-order valence-electron chi connectivity index (χ4n) is 6.12. The Labute approximate surface area is 167 Å². The number of likely N-dealkylation sites (tertiary alicyclic amines) is 1. The van der Waals surface area contributed by atoms with Gasteiger partial charge in [-0.25, -0.2) is 0 Å². The molecule has 4 aliphatic rings. The van der Waals surface area contributed by atoms with Crippen molar-refractivity contribution in [3.63, 3.8) is 0 Å². The van der Waals surface area contributed by atoms with Crippen LogP contribution in [0.1, 0.15) is 51.0 Å². The number of carbonyl (C=O) groups is 1. The number of amides is 1. The van der Waals surface area contributed by atoms with E-state index in [0.717, 1.165) is 44.8 Å². The number of benzene rings is 1. The Morgan fingerprint density at radius 1 is 1.29 bits per heavy atom. The molecule has 0 unspecified atom stereocenters. The fourth-order valence-corrected chi connectivity index (χ4v) is 6.12. The molecule has 2 bridgehead atoms. The predicted molar refractivity (Wildman–Crippen MR) is 107 cm³/mol. The molecule has 5 rings (SSSR count). The van der Waals surface area contributed by atoms with Gasteiger partial charge in [0.1, 0.15) is 5.75 Å². The molecule has 3 saturated heterocycles. The Kier molecular flexibility index (Phi) is 4.84. The molecule has 28 heavy (non-hydrogen) atoms. The normalized spacial score (nSPS) is 34.7. The van der Waals surface area contributed by atoms with Crippen LogP contribution in [0.5, 0.6) is 5.75 Å². The number of nitrogens with zero attached hydrogens (tertiary/aromatic N) is 1. The molecular weight excluding hydrogens is 352 g/mol. The van der Waals surface area contributed by atoms with Gasteiger partial charge in [-0.15, -0.1) is 0 Å². The van der Waals surface area contributed by atoms with E-state index in [1.807, 2.05) is 0 Å². The predicted octanol–water partition coefficient (Wildman–Crippen LogP) is 3.12. The molecule has 1 spiro atoms. The molecule has 0 radical (unpaired) electrons. The van der Waals surface area contributed by atoms with Gasteiger partial charge < -0.3 is 14.8 Å². The second kappa shape index (κ2) is 7.34. The first-order valence-electron chi connectivity index (χ1n) is 11.0. The highest BCUT2D eigenvalue weighted by molar-refractivity contribution is 5.72. The van der Waals surface area contributed by atoms with Crippen molar-refractivity contribution in [1.82, 2.24) is 10.2 Å². The molecule has 1 aromatic carbocycles. The van der Waals surface area contributed by atoms with Gasteiger partial charge in [-0.2, -0.15) is 0 Å². The summed E-state index contributed by atoms with van der Waals surface area (Å²) in [5.41, 5.74) is 1.30. The summed E-state index contributed by atoms with van der Waals surface area (Å²) in [5.74, 6) is 2.10. The van der Waals surface area contributed by atoms with Gasteiger partial charge in [-0.3, -0.25) is 9.69 Å². The number of hydrogen-bond acceptors (Lipinski definition) is 4. The van der Waals surface area contributed by atoms with Crippen LogP contribution in [0.15, 0.2) is 24.3 Å². The summed E-state index contributed by atoms with van der Waals surface area (Å²) in [6.07, 6.45) is 7.96. The zero-order chi connectivity index (χ0) is 19.1. The van der Waals surface area contributed by atoms with E-state index >= 15 is 0 Å². The summed E-state index contributed by atoms with van der Waals surface area (Å²) in [5, 5.41) is 3.04. The molecule has 0 aromatic heterocycles. The van der Waals surface area contributed by atoms with Crippen LogP contribution in [-0.4, -0.2) is 48.3 Å². The number of ether oxygens (including phenoxy) is 2. The van der Waals surface area contributed by atoms with Crippen molar-refractivity contribution >= 4 is 5.91 Å². The monoisotopic (exact) mass is 384 g/mol. The van der Waals surface area contributed by atoms with Crippen LogP contribution in [0.25, 0.3) is 0 Å². The Morgan fingerprint density at radius 3 is 2.93 bits per heavy atom. The average Bonchev–Trinajstić information content (AvgIpc) is 3.42. The van der Waals surface area contributed by atoms with Crippen molar-refractivity contribution in [3.8, 4) is 5.75 Å². The van der Waals surface area contributed by atoms with Crippen molar-refractivity contribution in [2.75, 3.05) is 19.6 Å². The molecule has 4 atom stereocenters. The van der Waals surface area contributed by atoms with Gasteiger partial charge >= 0.3 is 0 Å². The number of fused-ring (bicyclic) bond motifs is 1. The summed E-state index contributed by atoms with van der Waals surface area (Å²) in [6, 6.07) is 8.54. The van der Waals surface area contributed by atoms with Gasteiger partial charge in [0.15, 0.2) is 0 Å². The van der Waals surface area contributed by atoms with Crippen LogP contribution >= 0.6 is 0 Å². The highest BCUT2D eigenvalue weighted by atomic mass is 16.5. The molecule has 1 N–H and O–H groups in total. The minimum Gasteiger partial charge on any atom is -0.490 e. The molecule has 1 saturated carbocycles. The minimum absolute atomic E-state index is 0.00898. The van der Waals surface area contributed by atoms with Crippen LogP contribution in [0.3, 0.4) is 0 Å². The zero-order valence-corrected chi connectivity index (χ0v) is 16.9. The molecule has 152 valence electrons. The van der Waals surface area contributed by atoms with Crippen LogP contribution in [-0.2, 0) is 16.1 Å². The maximum atomic E-state index is 11.4. The van der Waals surface area contributed by atoms with Gasteiger partial charge in [-0.1, -0.05) is 18.2 Å². The van der Waals surface area contributed by atoms with Gasteiger partial charge in [0.2, 0.25) is 5.91 Å². The van der Waals surface area contributed by atoms with E-state index in [2.05, 4.69) is 34.5 Å². The molecule has 3 aliphatic heterocycles. The molecule has 1 aliphatic carbocycles. The third kappa shape index (κ3) is 3.33. The van der Waals surface area contributed by atoms with Crippen molar-refractivity contribution in [3.05, 3.63) is 29.8 Å². The van der Waals surface area contributed by atoms with Crippen molar-refractivity contribution < 1.29 is 14.3 Å². The van der Waals surface area contributed by atoms with Gasteiger partial charge in [0.25, 0.3) is 0 Å². The first-order chi connectivity index (χ1) is 13.6. The van der Waals surface area contributed by atoms with E-state index in [1.54, 1.807) is 6.92 Å². The van der Waals surface area contributed by atoms with E-state index in [9.17, 15) is 4.79 Å². The second-order valence-corrected chi connectivity index (χ2v) is 9.27. The first kappa shape index (κ1) is 18.4. The lowest BCUT2D eigenvalue weighted by molar-refractivity contribution is -0.119. The molecule has 5 heteroatoms. The number of nitrogens with one attached hydrogen (secondary N) is 1. The Bertz CT molecular complexity index is 732. The first-order valence-corrected chi connectivity index (χ1v) is 11.0. The van der Waals surface area contributed by atoms with Gasteiger partial charge in [0.05, 0.1) is 17.8 Å². The Hall–Kier alpha value is -1.59. The molecular formula is C23H32N2O3. The van der Waals surface area contributed by atoms with E-state index in [4.69, 9.17) is 9.47 Å². The minimum atomic E-state index is 0.00898. The van der Waals surface area contributed by atoms with E-state index in [1.165, 1.54) is 31.2 Å². The quantitative estimate of drug-likeness (QED) is 0.819. The summed E-state index contributed by atoms with van der Waals surface area (Å²) in [6.45, 7) is 5.33. The van der Waals surface area contributed by atoms with E-state index in [0.29, 0.717) is 24.0 Å². The van der Waals surface area contributed by atoms with Gasteiger partial charge in [-0.05, 0) is 44.6 Å². The van der Waals surface area contributed by atoms with Crippen molar-refractivity contribution in [2.24, 2.45) is 11.8 Å². The molecule has 3 heterocycles. The maximum Gasteiger partial charge on any atom is 0.216 e. The third-order valence-electron chi connectivity index (χ3n) is 7.40. The average molecular weight is 385 g/mol. The van der Waals surface area contributed by atoms with Crippen molar-refractivity contribution in [1.29, 1.82) is 0 Å². The summed E-state index contributed by atoms with van der Waals surface area (Å²) >= 11 is 0. The highest BCUT2D eigenvalue weighted by Crippen LogP contribution is 2.54. The van der Waals surface area contributed by atoms with Crippen LogP contribution in [0, 0.1) is 11.8 Å². The molecule has 1 amide bonds. The largest absolute Gasteiger partial charge is 0.490 e. The van der Waals surface area contributed by atoms with Gasteiger partial charge in [0, 0.05) is 50.5 Å². The summed E-state index contributed by atoms with van der Waals surface area (Å²) in [7, 11) is 0. The number of carbonyl (C=O) groups excluding carboxylic acids is 1. The standard InChI is InChI=1S/C23H32N2O3/c1-16(26)24-12-19-20-14-25(15-23(20)11-10-22(19)28-23)13-17-6-2-5-9-21(17)27-18-7-3-4-8-18/h2,5-6,9,18-20,22H,3-4,7-8,10-15H2,1H3,(H,24,26)/t19-,20+,22+,23+/m0/s1. The molecule has 1 aromatic rings. The highest BCUT2D eigenvalue weighted by Gasteiger charge is 2.62. The van der Waals surface area contributed by atoms with Crippen LogP contribution in [0.4, 0.5) is 0 Å². The molecule has 4 fully saturated rings. The zero-order valence-electron chi connectivity index (χ0n) is 16.9. The smallest absolute Gasteiger partial charge is 0.216 e. The SMILES string of the molecule is CC(=O)NC[C@H]1[C@H]2CN(Cc3ccccc3OC3CCCC3)C[C@]23CC[C@H]1O3. The summed E-state index contributed by atoms with van der Waals surface area (Å²) < 4.78 is 12.9. The lowest BCUT2D eigenvalue weighted by Gasteiger charge is -2.29. The third-order valence-corrected chi connectivity index (χ3v) is 7.40. The summed E-state index contributed by atoms with van der Waals surface area (Å²) in [4.78, 5) is 14.0. The number of hydrogen-bond donors (Lipinski definition) is 1. The number of para-hydroxylation sites is 1. The topological polar surface area (TPSA) is 50.8 Å².